The van der Waals surface area contributed by atoms with Gasteiger partial charge in [0.1, 0.15) is 0 Å². The van der Waals surface area contributed by atoms with Gasteiger partial charge in [0.2, 0.25) is 5.91 Å². The molecule has 0 aromatic heterocycles. The fourth-order valence-electron chi connectivity index (χ4n) is 1.40. The molecule has 1 atom stereocenters. The Kier molecular flexibility index (Phi) is 3.89. The Bertz CT molecular complexity index is 358. The van der Waals surface area contributed by atoms with E-state index in [1.807, 2.05) is 39.8 Å². The Morgan fingerprint density at radius 3 is 2.60 bits per heavy atom. The molecule has 1 aromatic rings. The number of nitrogens with one attached hydrogen (secondary N) is 1. The lowest BCUT2D eigenvalue weighted by Crippen LogP contribution is -2.20. The summed E-state index contributed by atoms with van der Waals surface area (Å²) in [6, 6.07) is 6.05. The molecule has 2 nitrogen and oxygen atoms in total. The van der Waals surface area contributed by atoms with Gasteiger partial charge < -0.3 is 5.32 Å². The van der Waals surface area contributed by atoms with Gasteiger partial charge in [0, 0.05) is 11.6 Å². The van der Waals surface area contributed by atoms with Crippen LogP contribution in [0.5, 0.6) is 0 Å². The van der Waals surface area contributed by atoms with Gasteiger partial charge in [0.15, 0.2) is 0 Å². The SMILES string of the molecule is CC[C@H](C)C(=O)Nc1ccc(C)cc1C. The average Bonchev–Trinajstić information content (AvgIpc) is 2.20. The van der Waals surface area contributed by atoms with Crippen molar-refractivity contribution in [2.24, 2.45) is 5.92 Å². The third kappa shape index (κ3) is 3.08. The van der Waals surface area contributed by atoms with E-state index in [0.29, 0.717) is 0 Å². The van der Waals surface area contributed by atoms with Crippen LogP contribution in [0.2, 0.25) is 0 Å². The molecular formula is C13H19NO. The second-order valence-corrected chi connectivity index (χ2v) is 4.12. The molecule has 1 N–H and O–H groups in total. The van der Waals surface area contributed by atoms with E-state index in [-0.39, 0.29) is 11.8 Å². The highest BCUT2D eigenvalue weighted by molar-refractivity contribution is 5.92. The molecule has 1 rings (SSSR count). The topological polar surface area (TPSA) is 29.1 Å². The summed E-state index contributed by atoms with van der Waals surface area (Å²) in [4.78, 5) is 11.7. The van der Waals surface area contributed by atoms with Gasteiger partial charge in [-0.25, -0.2) is 0 Å². The molecule has 0 radical (unpaired) electrons. The molecule has 0 unspecified atom stereocenters. The third-order valence-electron chi connectivity index (χ3n) is 2.70. The number of amides is 1. The van der Waals surface area contributed by atoms with E-state index in [1.54, 1.807) is 0 Å². The fraction of sp³-hybridized carbons (Fsp3) is 0.462. The van der Waals surface area contributed by atoms with E-state index in [1.165, 1.54) is 5.56 Å². The number of carbonyl (C=O) groups excluding carboxylic acids is 1. The number of anilines is 1. The van der Waals surface area contributed by atoms with Crippen LogP contribution in [-0.2, 0) is 4.79 Å². The van der Waals surface area contributed by atoms with Crippen LogP contribution in [0.1, 0.15) is 31.4 Å². The van der Waals surface area contributed by atoms with Gasteiger partial charge in [-0.3, -0.25) is 4.79 Å². The zero-order valence-corrected chi connectivity index (χ0v) is 9.92. The van der Waals surface area contributed by atoms with Crippen LogP contribution in [0.4, 0.5) is 5.69 Å². The van der Waals surface area contributed by atoms with E-state index in [9.17, 15) is 4.79 Å². The van der Waals surface area contributed by atoms with E-state index in [4.69, 9.17) is 0 Å². The van der Waals surface area contributed by atoms with Crippen molar-refractivity contribution >= 4 is 11.6 Å². The first-order chi connectivity index (χ1) is 7.04. The smallest absolute Gasteiger partial charge is 0.227 e. The van der Waals surface area contributed by atoms with Crippen LogP contribution in [0.3, 0.4) is 0 Å². The molecule has 82 valence electrons. The summed E-state index contributed by atoms with van der Waals surface area (Å²) in [6.45, 7) is 8.03. The molecule has 0 fully saturated rings. The maximum Gasteiger partial charge on any atom is 0.227 e. The summed E-state index contributed by atoms with van der Waals surface area (Å²) in [5.74, 6) is 0.176. The number of hydrogen-bond donors (Lipinski definition) is 1. The van der Waals surface area contributed by atoms with Crippen LogP contribution in [0.25, 0.3) is 0 Å². The van der Waals surface area contributed by atoms with E-state index >= 15 is 0 Å². The van der Waals surface area contributed by atoms with Crippen LogP contribution < -0.4 is 5.32 Å². The van der Waals surface area contributed by atoms with Crippen molar-refractivity contribution < 1.29 is 4.79 Å². The highest BCUT2D eigenvalue weighted by Crippen LogP contribution is 2.17. The van der Waals surface area contributed by atoms with Gasteiger partial charge in [-0.2, -0.15) is 0 Å². The van der Waals surface area contributed by atoms with Gasteiger partial charge in [-0.05, 0) is 31.9 Å². The maximum atomic E-state index is 11.7. The minimum Gasteiger partial charge on any atom is -0.326 e. The van der Waals surface area contributed by atoms with Gasteiger partial charge >= 0.3 is 0 Å². The van der Waals surface area contributed by atoms with Crippen LogP contribution in [-0.4, -0.2) is 5.91 Å². The van der Waals surface area contributed by atoms with Gasteiger partial charge in [0.05, 0.1) is 0 Å². The second-order valence-electron chi connectivity index (χ2n) is 4.12. The predicted octanol–water partition coefficient (Wildman–Crippen LogP) is 3.29. The second kappa shape index (κ2) is 4.96. The minimum atomic E-state index is 0.0747. The summed E-state index contributed by atoms with van der Waals surface area (Å²) in [6.07, 6.45) is 0.872. The first-order valence-electron chi connectivity index (χ1n) is 5.42. The van der Waals surface area contributed by atoms with Crippen molar-refractivity contribution in [3.63, 3.8) is 0 Å². The van der Waals surface area contributed by atoms with Crippen molar-refractivity contribution in [3.05, 3.63) is 29.3 Å². The van der Waals surface area contributed by atoms with Crippen molar-refractivity contribution in [2.45, 2.75) is 34.1 Å². The Morgan fingerprint density at radius 1 is 1.40 bits per heavy atom. The van der Waals surface area contributed by atoms with E-state index in [0.717, 1.165) is 17.7 Å². The normalized spacial score (nSPS) is 12.3. The van der Waals surface area contributed by atoms with Crippen LogP contribution in [0.15, 0.2) is 18.2 Å². The lowest BCUT2D eigenvalue weighted by molar-refractivity contribution is -0.119. The maximum absolute atomic E-state index is 11.7. The molecule has 0 saturated carbocycles. The van der Waals surface area contributed by atoms with E-state index < -0.39 is 0 Å². The first-order valence-corrected chi connectivity index (χ1v) is 5.42. The van der Waals surface area contributed by atoms with Crippen LogP contribution >= 0.6 is 0 Å². The standard InChI is InChI=1S/C13H19NO/c1-5-10(3)13(15)14-12-7-6-9(2)8-11(12)4/h6-8,10H,5H2,1-4H3,(H,14,15)/t10-/m0/s1. The molecule has 0 aliphatic carbocycles. The fourth-order valence-corrected chi connectivity index (χ4v) is 1.40. The van der Waals surface area contributed by atoms with Gasteiger partial charge in [-0.1, -0.05) is 31.5 Å². The Labute approximate surface area is 91.7 Å². The lowest BCUT2D eigenvalue weighted by atomic mass is 10.1. The molecule has 0 heterocycles. The van der Waals surface area contributed by atoms with E-state index in [2.05, 4.69) is 11.4 Å². The molecule has 0 aliphatic heterocycles. The van der Waals surface area contributed by atoms with Gasteiger partial charge in [-0.15, -0.1) is 0 Å². The number of carbonyl (C=O) groups is 1. The van der Waals surface area contributed by atoms with Crippen LogP contribution in [0, 0.1) is 19.8 Å². The molecule has 15 heavy (non-hydrogen) atoms. The molecule has 2 heteroatoms. The number of hydrogen-bond acceptors (Lipinski definition) is 1. The zero-order valence-electron chi connectivity index (χ0n) is 9.92. The molecule has 0 aliphatic rings. The summed E-state index contributed by atoms with van der Waals surface area (Å²) in [7, 11) is 0. The van der Waals surface area contributed by atoms with Gasteiger partial charge in [0.25, 0.3) is 0 Å². The number of aryl methyl sites for hydroxylation is 2. The minimum absolute atomic E-state index is 0.0747. The highest BCUT2D eigenvalue weighted by Gasteiger charge is 2.11. The molecule has 0 saturated heterocycles. The summed E-state index contributed by atoms with van der Waals surface area (Å²) < 4.78 is 0. The van der Waals surface area contributed by atoms with Crippen molar-refractivity contribution in [2.75, 3.05) is 5.32 Å². The monoisotopic (exact) mass is 205 g/mol. The Morgan fingerprint density at radius 2 is 2.07 bits per heavy atom. The third-order valence-corrected chi connectivity index (χ3v) is 2.70. The molecule has 1 amide bonds. The molecule has 1 aromatic carbocycles. The Hall–Kier alpha value is -1.31. The molecule has 0 spiro atoms. The molecular weight excluding hydrogens is 186 g/mol. The summed E-state index contributed by atoms with van der Waals surface area (Å²) in [5, 5.41) is 2.95. The van der Waals surface area contributed by atoms with Crippen molar-refractivity contribution in [1.29, 1.82) is 0 Å². The predicted molar refractivity (Wildman–Crippen MR) is 64.0 cm³/mol. The largest absolute Gasteiger partial charge is 0.326 e. The Balaban J connectivity index is 2.77. The lowest BCUT2D eigenvalue weighted by Gasteiger charge is -2.12. The highest BCUT2D eigenvalue weighted by atomic mass is 16.1. The van der Waals surface area contributed by atoms with Crippen molar-refractivity contribution in [3.8, 4) is 0 Å². The number of benzene rings is 1. The molecule has 0 bridgehead atoms. The summed E-state index contributed by atoms with van der Waals surface area (Å²) in [5.41, 5.74) is 3.26. The number of rotatable bonds is 3. The zero-order chi connectivity index (χ0) is 11.4. The quantitative estimate of drug-likeness (QED) is 0.806. The van der Waals surface area contributed by atoms with Crippen molar-refractivity contribution in [1.82, 2.24) is 0 Å². The first kappa shape index (κ1) is 11.8. The summed E-state index contributed by atoms with van der Waals surface area (Å²) >= 11 is 0. The average molecular weight is 205 g/mol.